The highest BCUT2D eigenvalue weighted by molar-refractivity contribution is 7.26. The Bertz CT molecular complexity index is 3480. The van der Waals surface area contributed by atoms with Gasteiger partial charge in [0.1, 0.15) is 11.4 Å². The third kappa shape index (κ3) is 4.54. The fourth-order valence-electron chi connectivity index (χ4n) is 8.76. The smallest absolute Gasteiger partial charge is 0.121 e. The number of thiophene rings is 1. The highest BCUT2D eigenvalue weighted by Gasteiger charge is 2.21. The normalized spacial score (nSPS) is 11.9. The first kappa shape index (κ1) is 31.1. The van der Waals surface area contributed by atoms with Gasteiger partial charge in [0, 0.05) is 64.2 Å². The summed E-state index contributed by atoms with van der Waals surface area (Å²) in [7, 11) is 0. The topological polar surface area (TPSA) is 40.6 Å². The lowest BCUT2D eigenvalue weighted by molar-refractivity contribution is 0.809. The highest BCUT2D eigenvalue weighted by atomic mass is 32.1. The van der Waals surface area contributed by atoms with Crippen LogP contribution in [0, 0.1) is 0 Å². The van der Waals surface area contributed by atoms with Crippen LogP contribution in [0.15, 0.2) is 188 Å². The quantitative estimate of drug-likeness (QED) is 0.177. The summed E-state index contributed by atoms with van der Waals surface area (Å²) in [5.74, 6) is 0. The molecule has 0 bridgehead atoms. The molecule has 0 fully saturated rings. The van der Waals surface area contributed by atoms with Gasteiger partial charge in [-0.15, -0.1) is 16.4 Å². The third-order valence-electron chi connectivity index (χ3n) is 11.2. The molecule has 4 heterocycles. The lowest BCUT2D eigenvalue weighted by Gasteiger charge is -2.13. The van der Waals surface area contributed by atoms with Crippen LogP contribution in [0.1, 0.15) is 0 Å². The monoisotopic (exact) mass is 733 g/mol. The Morgan fingerprint density at radius 2 is 1.00 bits per heavy atom. The average molecular weight is 734 g/mol. The predicted molar refractivity (Wildman–Crippen MR) is 234 cm³/mol. The number of aromatic nitrogens is 5. The van der Waals surface area contributed by atoms with Gasteiger partial charge >= 0.3 is 0 Å². The standard InChI is InChI=1S/C50H31N5S/c1-3-14-32(15-4-1)48-49(33-16-5-2-6-17-33)55(52-51-48)36-26-28-44-41(31-36)37-20-7-10-23-42(37)53(44)34-18-13-19-35(30-34)54-43-24-11-8-22-40(43)47-45(54)29-27-39-38-21-9-12-25-46(38)56-50(39)47/h1-31H. The van der Waals surface area contributed by atoms with E-state index in [0.717, 1.165) is 56.0 Å². The van der Waals surface area contributed by atoms with Crippen molar-refractivity contribution >= 4 is 75.1 Å². The molecule has 0 atom stereocenters. The SMILES string of the molecule is c1ccc(-c2nnn(-c3ccc4c(c3)c3ccccc3n4-c3cccc(-n4c5ccccc5c5c6sc7ccccc7c6ccc54)c3)c2-c2ccccc2)cc1. The van der Waals surface area contributed by atoms with Crippen molar-refractivity contribution in [1.29, 1.82) is 0 Å². The van der Waals surface area contributed by atoms with Crippen molar-refractivity contribution in [1.82, 2.24) is 24.1 Å². The van der Waals surface area contributed by atoms with Crippen LogP contribution in [0.2, 0.25) is 0 Å². The fourth-order valence-corrected chi connectivity index (χ4v) is 10.0. The zero-order valence-electron chi connectivity index (χ0n) is 30.0. The molecule has 0 N–H and O–H groups in total. The lowest BCUT2D eigenvalue weighted by Crippen LogP contribution is -2.00. The van der Waals surface area contributed by atoms with Crippen molar-refractivity contribution in [2.45, 2.75) is 0 Å². The summed E-state index contributed by atoms with van der Waals surface area (Å²) < 4.78 is 9.47. The molecule has 5 nitrogen and oxygen atoms in total. The summed E-state index contributed by atoms with van der Waals surface area (Å²) in [6.45, 7) is 0. The molecular weight excluding hydrogens is 703 g/mol. The molecule has 0 aliphatic rings. The van der Waals surface area contributed by atoms with Gasteiger partial charge in [-0.2, -0.15) is 0 Å². The Labute approximate surface area is 325 Å². The minimum atomic E-state index is 0.856. The van der Waals surface area contributed by atoms with E-state index in [2.05, 4.69) is 173 Å². The molecule has 12 aromatic rings. The molecule has 262 valence electrons. The van der Waals surface area contributed by atoms with Crippen LogP contribution in [0.3, 0.4) is 0 Å². The number of nitrogens with zero attached hydrogens (tertiary/aromatic N) is 5. The summed E-state index contributed by atoms with van der Waals surface area (Å²) in [5, 5.41) is 17.1. The Hall–Kier alpha value is -7.28. The van der Waals surface area contributed by atoms with Crippen LogP contribution in [0.4, 0.5) is 0 Å². The Morgan fingerprint density at radius 3 is 1.79 bits per heavy atom. The molecule has 4 aromatic heterocycles. The number of rotatable bonds is 5. The summed E-state index contributed by atoms with van der Waals surface area (Å²) in [5.41, 5.74) is 11.8. The van der Waals surface area contributed by atoms with E-state index < -0.39 is 0 Å². The maximum atomic E-state index is 4.77. The maximum Gasteiger partial charge on any atom is 0.121 e. The minimum absolute atomic E-state index is 0.856. The van der Waals surface area contributed by atoms with E-state index in [1.165, 1.54) is 47.4 Å². The summed E-state index contributed by atoms with van der Waals surface area (Å²) >= 11 is 1.89. The van der Waals surface area contributed by atoms with Crippen molar-refractivity contribution in [3.63, 3.8) is 0 Å². The molecule has 0 amide bonds. The van der Waals surface area contributed by atoms with Gasteiger partial charge in [-0.3, -0.25) is 0 Å². The summed E-state index contributed by atoms with van der Waals surface area (Å²) in [6, 6.07) is 67.3. The second-order valence-corrected chi connectivity index (χ2v) is 15.3. The van der Waals surface area contributed by atoms with E-state index in [1.807, 2.05) is 40.3 Å². The highest BCUT2D eigenvalue weighted by Crippen LogP contribution is 2.44. The molecule has 6 heteroatoms. The second kappa shape index (κ2) is 12.1. The lowest BCUT2D eigenvalue weighted by atomic mass is 10.0. The first-order valence-corrected chi connectivity index (χ1v) is 19.7. The molecule has 0 aliphatic carbocycles. The molecule has 0 spiro atoms. The van der Waals surface area contributed by atoms with E-state index in [1.54, 1.807) is 0 Å². The van der Waals surface area contributed by atoms with E-state index in [-0.39, 0.29) is 0 Å². The van der Waals surface area contributed by atoms with E-state index in [0.29, 0.717) is 0 Å². The van der Waals surface area contributed by atoms with Crippen LogP contribution in [-0.2, 0) is 0 Å². The van der Waals surface area contributed by atoms with E-state index >= 15 is 0 Å². The van der Waals surface area contributed by atoms with Crippen LogP contribution >= 0.6 is 11.3 Å². The zero-order valence-corrected chi connectivity index (χ0v) is 30.9. The molecule has 56 heavy (non-hydrogen) atoms. The van der Waals surface area contributed by atoms with Crippen LogP contribution in [0.25, 0.3) is 103 Å². The molecule has 12 rings (SSSR count). The van der Waals surface area contributed by atoms with Crippen molar-refractivity contribution in [3.05, 3.63) is 188 Å². The van der Waals surface area contributed by atoms with E-state index in [4.69, 9.17) is 10.3 Å². The molecule has 8 aromatic carbocycles. The number of para-hydroxylation sites is 2. The number of hydrogen-bond donors (Lipinski definition) is 0. The van der Waals surface area contributed by atoms with Gasteiger partial charge in [0.15, 0.2) is 0 Å². The minimum Gasteiger partial charge on any atom is -0.309 e. The average Bonchev–Trinajstić information content (AvgIpc) is 4.03. The van der Waals surface area contributed by atoms with Gasteiger partial charge in [0.25, 0.3) is 0 Å². The molecule has 0 saturated carbocycles. The molecular formula is C50H31N5S. The van der Waals surface area contributed by atoms with Crippen LogP contribution < -0.4 is 0 Å². The second-order valence-electron chi connectivity index (χ2n) is 14.3. The van der Waals surface area contributed by atoms with Crippen LogP contribution in [0.5, 0.6) is 0 Å². The molecule has 0 radical (unpaired) electrons. The zero-order chi connectivity index (χ0) is 36.7. The third-order valence-corrected chi connectivity index (χ3v) is 12.4. The Morgan fingerprint density at radius 1 is 0.393 bits per heavy atom. The predicted octanol–water partition coefficient (Wildman–Crippen LogP) is 13.2. The first-order chi connectivity index (χ1) is 27.8. The Balaban J connectivity index is 1.05. The van der Waals surface area contributed by atoms with Gasteiger partial charge in [-0.25, -0.2) is 4.68 Å². The van der Waals surface area contributed by atoms with Crippen LogP contribution in [-0.4, -0.2) is 24.1 Å². The van der Waals surface area contributed by atoms with Gasteiger partial charge < -0.3 is 9.13 Å². The first-order valence-electron chi connectivity index (χ1n) is 18.8. The number of hydrogen-bond acceptors (Lipinski definition) is 3. The number of benzene rings is 8. The van der Waals surface area contributed by atoms with Crippen molar-refractivity contribution < 1.29 is 0 Å². The molecule has 0 unspecified atom stereocenters. The van der Waals surface area contributed by atoms with E-state index in [9.17, 15) is 0 Å². The van der Waals surface area contributed by atoms with Crippen molar-refractivity contribution in [3.8, 4) is 39.6 Å². The summed E-state index contributed by atoms with van der Waals surface area (Å²) in [4.78, 5) is 0. The largest absolute Gasteiger partial charge is 0.309 e. The maximum absolute atomic E-state index is 4.77. The molecule has 0 aliphatic heterocycles. The van der Waals surface area contributed by atoms with Gasteiger partial charge in [0.2, 0.25) is 0 Å². The van der Waals surface area contributed by atoms with Crippen molar-refractivity contribution in [2.24, 2.45) is 0 Å². The van der Waals surface area contributed by atoms with Crippen molar-refractivity contribution in [2.75, 3.05) is 0 Å². The fraction of sp³-hybridized carbons (Fsp3) is 0. The summed E-state index contributed by atoms with van der Waals surface area (Å²) in [6.07, 6.45) is 0. The number of fused-ring (bicyclic) bond motifs is 10. The Kier molecular flexibility index (Phi) is 6.73. The van der Waals surface area contributed by atoms with Gasteiger partial charge in [0.05, 0.1) is 27.8 Å². The molecule has 0 saturated heterocycles. The van der Waals surface area contributed by atoms with Gasteiger partial charge in [-0.05, 0) is 60.7 Å². The van der Waals surface area contributed by atoms with Gasteiger partial charge in [-0.1, -0.05) is 133 Å².